The first-order chi connectivity index (χ1) is 9.18. The van der Waals surface area contributed by atoms with Gasteiger partial charge in [-0.3, -0.25) is 9.59 Å². The van der Waals surface area contributed by atoms with Crippen molar-refractivity contribution in [3.63, 3.8) is 0 Å². The zero-order valence-electron chi connectivity index (χ0n) is 9.96. The summed E-state index contributed by atoms with van der Waals surface area (Å²) >= 11 is 4.21. The molecule has 0 amide bonds. The molecule has 3 heteroatoms. The quantitative estimate of drug-likeness (QED) is 0.635. The lowest BCUT2D eigenvalue weighted by molar-refractivity contribution is -0.113. The molecule has 0 aliphatic heterocycles. The molecule has 0 saturated carbocycles. The number of allylic oxidation sites excluding steroid dienone is 4. The second-order valence-corrected chi connectivity index (χ2v) is 4.76. The Morgan fingerprint density at radius 3 is 2.32 bits per heavy atom. The van der Waals surface area contributed by atoms with E-state index in [1.807, 2.05) is 42.5 Å². The fourth-order valence-corrected chi connectivity index (χ4v) is 2.56. The molecule has 0 radical (unpaired) electrons. The zero-order chi connectivity index (χ0) is 13.4. The number of hydrogen-bond acceptors (Lipinski definition) is 3. The number of benzene rings is 2. The highest BCUT2D eigenvalue weighted by molar-refractivity contribution is 7.86. The predicted octanol–water partition coefficient (Wildman–Crippen LogP) is 3.19. The lowest BCUT2D eigenvalue weighted by atomic mass is 9.92. The maximum absolute atomic E-state index is 12.0. The van der Waals surface area contributed by atoms with Gasteiger partial charge in [0.25, 0.3) is 0 Å². The van der Waals surface area contributed by atoms with Crippen LogP contribution in [0.4, 0.5) is 0 Å². The summed E-state index contributed by atoms with van der Waals surface area (Å²) in [6.07, 6.45) is 2.57. The van der Waals surface area contributed by atoms with Gasteiger partial charge in [0, 0.05) is 5.57 Å². The summed E-state index contributed by atoms with van der Waals surface area (Å²) in [4.78, 5) is 23.9. The number of carbonyl (C=O) groups excluding carboxylic acids is 2. The van der Waals surface area contributed by atoms with Crippen LogP contribution in [0.5, 0.6) is 0 Å². The Morgan fingerprint density at radius 1 is 0.789 bits per heavy atom. The third-order valence-electron chi connectivity index (χ3n) is 3.16. The molecule has 0 spiro atoms. The van der Waals surface area contributed by atoms with Crippen molar-refractivity contribution in [1.82, 2.24) is 0 Å². The van der Waals surface area contributed by atoms with E-state index < -0.39 is 0 Å². The second-order valence-electron chi connectivity index (χ2n) is 4.31. The molecule has 0 heterocycles. The monoisotopic (exact) mass is 266 g/mol. The SMILES string of the molecule is O=C1C=CC(=O)C(c2cccc3ccccc23)=C1S. The van der Waals surface area contributed by atoms with Crippen LogP contribution >= 0.6 is 12.6 Å². The molecule has 1 aliphatic carbocycles. The first-order valence-corrected chi connectivity index (χ1v) is 6.31. The molecule has 0 fully saturated rings. The highest BCUT2D eigenvalue weighted by Gasteiger charge is 2.22. The third-order valence-corrected chi connectivity index (χ3v) is 3.61. The summed E-state index contributed by atoms with van der Waals surface area (Å²) in [5.74, 6) is -0.410. The van der Waals surface area contributed by atoms with Crippen molar-refractivity contribution >= 4 is 40.5 Å². The van der Waals surface area contributed by atoms with Gasteiger partial charge in [0.05, 0.1) is 4.91 Å². The van der Waals surface area contributed by atoms with Crippen molar-refractivity contribution in [2.45, 2.75) is 0 Å². The molecule has 0 aromatic heterocycles. The molecule has 1 aliphatic rings. The molecule has 3 rings (SSSR count). The lowest BCUT2D eigenvalue weighted by Crippen LogP contribution is -2.10. The fourth-order valence-electron chi connectivity index (χ4n) is 2.26. The number of ketones is 2. The van der Waals surface area contributed by atoms with Crippen LogP contribution in [0.3, 0.4) is 0 Å². The van der Waals surface area contributed by atoms with Crippen molar-refractivity contribution in [1.29, 1.82) is 0 Å². The molecule has 19 heavy (non-hydrogen) atoms. The van der Waals surface area contributed by atoms with Gasteiger partial charge in [-0.25, -0.2) is 0 Å². The van der Waals surface area contributed by atoms with Crippen molar-refractivity contribution in [2.75, 3.05) is 0 Å². The molecule has 2 nitrogen and oxygen atoms in total. The van der Waals surface area contributed by atoms with Gasteiger partial charge < -0.3 is 0 Å². The van der Waals surface area contributed by atoms with Gasteiger partial charge in [0.2, 0.25) is 0 Å². The van der Waals surface area contributed by atoms with E-state index >= 15 is 0 Å². The molecule has 92 valence electrons. The first-order valence-electron chi connectivity index (χ1n) is 5.86. The minimum atomic E-state index is -0.231. The largest absolute Gasteiger partial charge is 0.289 e. The molecule has 2 aromatic carbocycles. The minimum absolute atomic E-state index is 0.180. The summed E-state index contributed by atoms with van der Waals surface area (Å²) in [5.41, 5.74) is 1.14. The molecule has 0 atom stereocenters. The Labute approximate surface area is 115 Å². The van der Waals surface area contributed by atoms with Gasteiger partial charge in [-0.2, -0.15) is 0 Å². The summed E-state index contributed by atoms with van der Waals surface area (Å²) in [7, 11) is 0. The molecule has 0 unspecified atom stereocenters. The van der Waals surface area contributed by atoms with Crippen molar-refractivity contribution < 1.29 is 9.59 Å². The number of fused-ring (bicyclic) bond motifs is 1. The van der Waals surface area contributed by atoms with Gasteiger partial charge in [0.15, 0.2) is 11.6 Å². The van der Waals surface area contributed by atoms with Crippen LogP contribution in [-0.4, -0.2) is 11.6 Å². The summed E-state index contributed by atoms with van der Waals surface area (Å²) < 4.78 is 0. The molecule has 0 N–H and O–H groups in total. The van der Waals surface area contributed by atoms with Gasteiger partial charge >= 0.3 is 0 Å². The van der Waals surface area contributed by atoms with Crippen LogP contribution < -0.4 is 0 Å². The fraction of sp³-hybridized carbons (Fsp3) is 0. The Hall–Kier alpha value is -2.13. The molecule has 2 aromatic rings. The van der Waals surface area contributed by atoms with Gasteiger partial charge in [0.1, 0.15) is 0 Å². The molecule has 0 bridgehead atoms. The first kappa shape index (κ1) is 11.9. The Balaban J connectivity index is 2.33. The number of thiol groups is 1. The van der Waals surface area contributed by atoms with E-state index in [0.717, 1.165) is 16.3 Å². The van der Waals surface area contributed by atoms with Crippen molar-refractivity contribution in [2.24, 2.45) is 0 Å². The summed E-state index contributed by atoms with van der Waals surface area (Å²) in [6, 6.07) is 13.5. The Kier molecular flexibility index (Phi) is 2.84. The summed E-state index contributed by atoms with van der Waals surface area (Å²) in [5, 5.41) is 1.98. The van der Waals surface area contributed by atoms with E-state index in [0.29, 0.717) is 5.57 Å². The van der Waals surface area contributed by atoms with Crippen LogP contribution in [0.25, 0.3) is 16.3 Å². The molecular formula is C16H10O2S. The average molecular weight is 266 g/mol. The van der Waals surface area contributed by atoms with Gasteiger partial charge in [-0.15, -0.1) is 12.6 Å². The zero-order valence-corrected chi connectivity index (χ0v) is 10.9. The van der Waals surface area contributed by atoms with Crippen LogP contribution in [-0.2, 0) is 9.59 Å². The van der Waals surface area contributed by atoms with E-state index in [9.17, 15) is 9.59 Å². The van der Waals surface area contributed by atoms with Gasteiger partial charge in [-0.1, -0.05) is 42.5 Å². The van der Waals surface area contributed by atoms with E-state index in [1.54, 1.807) is 0 Å². The normalized spacial score (nSPS) is 15.4. The van der Waals surface area contributed by atoms with Crippen molar-refractivity contribution in [3.8, 4) is 0 Å². The van der Waals surface area contributed by atoms with Crippen LogP contribution in [0, 0.1) is 0 Å². The highest BCUT2D eigenvalue weighted by atomic mass is 32.1. The van der Waals surface area contributed by atoms with E-state index in [-0.39, 0.29) is 16.5 Å². The van der Waals surface area contributed by atoms with E-state index in [2.05, 4.69) is 12.6 Å². The highest BCUT2D eigenvalue weighted by Crippen LogP contribution is 2.31. The van der Waals surface area contributed by atoms with Crippen molar-refractivity contribution in [3.05, 3.63) is 65.1 Å². The minimum Gasteiger partial charge on any atom is -0.289 e. The van der Waals surface area contributed by atoms with E-state index in [4.69, 9.17) is 0 Å². The summed E-state index contributed by atoms with van der Waals surface area (Å²) in [6.45, 7) is 0. The molecule has 0 saturated heterocycles. The Bertz CT molecular complexity index is 764. The Morgan fingerprint density at radius 2 is 1.47 bits per heavy atom. The number of hydrogen-bond donors (Lipinski definition) is 1. The van der Waals surface area contributed by atoms with Crippen LogP contribution in [0.2, 0.25) is 0 Å². The van der Waals surface area contributed by atoms with Crippen LogP contribution in [0.1, 0.15) is 5.56 Å². The standard InChI is InChI=1S/C16H10O2S/c17-13-8-9-14(18)16(19)15(13)12-7-3-5-10-4-1-2-6-11(10)12/h1-9,19H. The third kappa shape index (κ3) is 1.92. The topological polar surface area (TPSA) is 34.1 Å². The second kappa shape index (κ2) is 4.52. The number of rotatable bonds is 1. The van der Waals surface area contributed by atoms with Gasteiger partial charge in [-0.05, 0) is 28.5 Å². The average Bonchev–Trinajstić information content (AvgIpc) is 2.44. The smallest absolute Gasteiger partial charge is 0.192 e. The lowest BCUT2D eigenvalue weighted by Gasteiger charge is -2.13. The maximum Gasteiger partial charge on any atom is 0.192 e. The number of carbonyl (C=O) groups is 2. The predicted molar refractivity (Wildman–Crippen MR) is 79.0 cm³/mol. The van der Waals surface area contributed by atoms with Crippen LogP contribution in [0.15, 0.2) is 59.5 Å². The van der Waals surface area contributed by atoms with E-state index in [1.165, 1.54) is 12.2 Å². The maximum atomic E-state index is 12.0. The molecular weight excluding hydrogens is 256 g/mol.